The minimum absolute atomic E-state index is 0.920. The third-order valence-electron chi connectivity index (χ3n) is 3.71. The number of fused-ring (bicyclic) bond motifs is 3. The number of hydrogen-bond acceptors (Lipinski definition) is 2. The molecule has 1 N–H and O–H groups in total. The number of nitrogens with one attached hydrogen (secondary N) is 1. The Kier molecular flexibility index (Phi) is 2.56. The highest BCUT2D eigenvalue weighted by Crippen LogP contribution is 2.29. The fraction of sp³-hybridized carbons (Fsp3) is 0.429. The van der Waals surface area contributed by atoms with Crippen LogP contribution in [0.25, 0.3) is 10.9 Å². The van der Waals surface area contributed by atoms with Gasteiger partial charge in [-0.3, -0.25) is 4.90 Å². The summed E-state index contributed by atoms with van der Waals surface area (Å²) in [7, 11) is 1.71. The molecule has 17 heavy (non-hydrogen) atoms. The Morgan fingerprint density at radius 1 is 1.41 bits per heavy atom. The lowest BCUT2D eigenvalue weighted by atomic mass is 10.0. The van der Waals surface area contributed by atoms with Crippen molar-refractivity contribution in [1.82, 2.24) is 9.88 Å². The molecule has 0 bridgehead atoms. The van der Waals surface area contributed by atoms with E-state index in [2.05, 4.69) is 28.9 Å². The van der Waals surface area contributed by atoms with Gasteiger partial charge in [0.05, 0.1) is 7.11 Å². The molecule has 1 aromatic heterocycles. The van der Waals surface area contributed by atoms with Crippen molar-refractivity contribution in [3.05, 3.63) is 29.5 Å². The van der Waals surface area contributed by atoms with E-state index in [1.807, 2.05) is 6.07 Å². The van der Waals surface area contributed by atoms with Gasteiger partial charge in [0.25, 0.3) is 0 Å². The summed E-state index contributed by atoms with van der Waals surface area (Å²) >= 11 is 0. The SMILES string of the molecule is CCN1CCc2c([nH]c3cc(OC)ccc23)C1. The Hall–Kier alpha value is -1.48. The molecule has 1 aliphatic heterocycles. The number of ether oxygens (including phenoxy) is 1. The molecule has 1 aliphatic rings. The molecule has 0 aliphatic carbocycles. The monoisotopic (exact) mass is 230 g/mol. The lowest BCUT2D eigenvalue weighted by Crippen LogP contribution is -2.29. The van der Waals surface area contributed by atoms with Crippen LogP contribution in [-0.2, 0) is 13.0 Å². The average molecular weight is 230 g/mol. The molecule has 3 heteroatoms. The van der Waals surface area contributed by atoms with E-state index in [0.29, 0.717) is 0 Å². The van der Waals surface area contributed by atoms with E-state index in [0.717, 1.165) is 25.3 Å². The normalized spacial score (nSPS) is 16.1. The minimum Gasteiger partial charge on any atom is -0.497 e. The van der Waals surface area contributed by atoms with Crippen LogP contribution in [0.2, 0.25) is 0 Å². The Balaban J connectivity index is 2.08. The summed E-state index contributed by atoms with van der Waals surface area (Å²) in [4.78, 5) is 6.00. The van der Waals surface area contributed by atoms with E-state index in [-0.39, 0.29) is 0 Å². The standard InChI is InChI=1S/C14H18N2O/c1-3-16-7-6-12-11-5-4-10(17-2)8-13(11)15-14(12)9-16/h4-5,8,15H,3,6-7,9H2,1-2H3. The summed E-state index contributed by atoms with van der Waals surface area (Å²) in [5, 5.41) is 1.36. The van der Waals surface area contributed by atoms with Gasteiger partial charge in [0.1, 0.15) is 5.75 Å². The topological polar surface area (TPSA) is 28.3 Å². The van der Waals surface area contributed by atoms with Gasteiger partial charge in [-0.25, -0.2) is 0 Å². The van der Waals surface area contributed by atoms with Gasteiger partial charge >= 0.3 is 0 Å². The van der Waals surface area contributed by atoms with Crippen LogP contribution in [0, 0.1) is 0 Å². The van der Waals surface area contributed by atoms with Crippen molar-refractivity contribution < 1.29 is 4.74 Å². The van der Waals surface area contributed by atoms with E-state index in [4.69, 9.17) is 4.74 Å². The van der Waals surface area contributed by atoms with Gasteiger partial charge in [-0.15, -0.1) is 0 Å². The number of benzene rings is 1. The molecule has 0 unspecified atom stereocenters. The highest BCUT2D eigenvalue weighted by atomic mass is 16.5. The van der Waals surface area contributed by atoms with Crippen LogP contribution >= 0.6 is 0 Å². The highest BCUT2D eigenvalue weighted by molar-refractivity contribution is 5.86. The second kappa shape index (κ2) is 4.08. The number of aromatic amines is 1. The summed E-state index contributed by atoms with van der Waals surface area (Å²) in [6.45, 7) is 5.56. The summed E-state index contributed by atoms with van der Waals surface area (Å²) in [6.07, 6.45) is 1.15. The number of methoxy groups -OCH3 is 1. The maximum atomic E-state index is 5.27. The number of hydrogen-bond donors (Lipinski definition) is 1. The largest absolute Gasteiger partial charge is 0.497 e. The zero-order valence-corrected chi connectivity index (χ0v) is 10.4. The van der Waals surface area contributed by atoms with Gasteiger partial charge in [-0.1, -0.05) is 6.92 Å². The van der Waals surface area contributed by atoms with Crippen LogP contribution in [-0.4, -0.2) is 30.1 Å². The minimum atomic E-state index is 0.920. The molecule has 0 radical (unpaired) electrons. The molecular formula is C14H18N2O. The van der Waals surface area contributed by atoms with E-state index in [1.165, 1.54) is 28.7 Å². The van der Waals surface area contributed by atoms with Gasteiger partial charge in [0, 0.05) is 35.8 Å². The fourth-order valence-corrected chi connectivity index (χ4v) is 2.68. The van der Waals surface area contributed by atoms with Crippen molar-refractivity contribution in [2.45, 2.75) is 19.9 Å². The second-order valence-electron chi connectivity index (χ2n) is 4.61. The number of aromatic nitrogens is 1. The summed E-state index contributed by atoms with van der Waals surface area (Å²) in [6, 6.07) is 6.30. The maximum Gasteiger partial charge on any atom is 0.120 e. The first-order valence-corrected chi connectivity index (χ1v) is 6.21. The molecule has 0 saturated carbocycles. The van der Waals surface area contributed by atoms with Gasteiger partial charge in [-0.05, 0) is 30.7 Å². The van der Waals surface area contributed by atoms with Crippen LogP contribution < -0.4 is 4.74 Å². The first-order chi connectivity index (χ1) is 8.31. The molecule has 0 saturated heterocycles. The van der Waals surface area contributed by atoms with E-state index >= 15 is 0 Å². The van der Waals surface area contributed by atoms with Crippen molar-refractivity contribution >= 4 is 10.9 Å². The lowest BCUT2D eigenvalue weighted by Gasteiger charge is -2.25. The number of rotatable bonds is 2. The summed E-state index contributed by atoms with van der Waals surface area (Å²) in [5.74, 6) is 0.920. The van der Waals surface area contributed by atoms with Crippen LogP contribution in [0.4, 0.5) is 0 Å². The maximum absolute atomic E-state index is 5.27. The van der Waals surface area contributed by atoms with Gasteiger partial charge in [-0.2, -0.15) is 0 Å². The summed E-state index contributed by atoms with van der Waals surface area (Å²) < 4.78 is 5.27. The van der Waals surface area contributed by atoms with E-state index in [9.17, 15) is 0 Å². The fourth-order valence-electron chi connectivity index (χ4n) is 2.68. The van der Waals surface area contributed by atoms with Gasteiger partial charge < -0.3 is 9.72 Å². The van der Waals surface area contributed by atoms with Crippen molar-refractivity contribution in [1.29, 1.82) is 0 Å². The third kappa shape index (κ3) is 1.71. The molecule has 1 aromatic carbocycles. The molecular weight excluding hydrogens is 212 g/mol. The molecule has 2 heterocycles. The smallest absolute Gasteiger partial charge is 0.120 e. The number of nitrogens with zero attached hydrogens (tertiary/aromatic N) is 1. The lowest BCUT2D eigenvalue weighted by molar-refractivity contribution is 0.266. The Labute approximate surface area is 101 Å². The highest BCUT2D eigenvalue weighted by Gasteiger charge is 2.19. The molecule has 0 spiro atoms. The van der Waals surface area contributed by atoms with Crippen LogP contribution in [0.5, 0.6) is 5.75 Å². The first kappa shape index (κ1) is 10.7. The van der Waals surface area contributed by atoms with E-state index in [1.54, 1.807) is 7.11 Å². The Bertz CT molecular complexity index is 544. The Morgan fingerprint density at radius 2 is 2.29 bits per heavy atom. The predicted molar refractivity (Wildman–Crippen MR) is 69.5 cm³/mol. The molecule has 3 nitrogen and oxygen atoms in total. The molecule has 0 fully saturated rings. The van der Waals surface area contributed by atoms with Crippen LogP contribution in [0.15, 0.2) is 18.2 Å². The molecule has 0 atom stereocenters. The molecule has 2 aromatic rings. The van der Waals surface area contributed by atoms with Crippen LogP contribution in [0.1, 0.15) is 18.2 Å². The third-order valence-corrected chi connectivity index (χ3v) is 3.71. The van der Waals surface area contributed by atoms with Crippen molar-refractivity contribution in [2.24, 2.45) is 0 Å². The van der Waals surface area contributed by atoms with Crippen molar-refractivity contribution in [3.63, 3.8) is 0 Å². The predicted octanol–water partition coefficient (Wildman–Crippen LogP) is 2.55. The van der Waals surface area contributed by atoms with Crippen LogP contribution in [0.3, 0.4) is 0 Å². The number of likely N-dealkylation sites (N-methyl/N-ethyl adjacent to an activating group) is 1. The molecule has 90 valence electrons. The summed E-state index contributed by atoms with van der Waals surface area (Å²) in [5.41, 5.74) is 4.07. The second-order valence-corrected chi connectivity index (χ2v) is 4.61. The first-order valence-electron chi connectivity index (χ1n) is 6.21. The van der Waals surface area contributed by atoms with Gasteiger partial charge in [0.2, 0.25) is 0 Å². The van der Waals surface area contributed by atoms with Crippen molar-refractivity contribution in [3.8, 4) is 5.75 Å². The number of H-pyrrole nitrogens is 1. The average Bonchev–Trinajstić information content (AvgIpc) is 2.74. The quantitative estimate of drug-likeness (QED) is 0.858. The zero-order valence-electron chi connectivity index (χ0n) is 10.4. The van der Waals surface area contributed by atoms with Crippen molar-refractivity contribution in [2.75, 3.05) is 20.2 Å². The van der Waals surface area contributed by atoms with E-state index < -0.39 is 0 Å². The zero-order chi connectivity index (χ0) is 11.8. The molecule has 0 amide bonds. The van der Waals surface area contributed by atoms with Gasteiger partial charge in [0.15, 0.2) is 0 Å². The Morgan fingerprint density at radius 3 is 3.06 bits per heavy atom. The molecule has 3 rings (SSSR count).